The van der Waals surface area contributed by atoms with Gasteiger partial charge in [-0.25, -0.2) is 0 Å². The number of thioether (sulfide) groups is 2. The summed E-state index contributed by atoms with van der Waals surface area (Å²) in [6.07, 6.45) is 6.06. The SMILES string of the molecule is C.C.CSCCC(=O)CO.CSCCC=O. The highest BCUT2D eigenvalue weighted by atomic mass is 32.2. The fourth-order valence-corrected chi connectivity index (χ4v) is 1.22. The van der Waals surface area contributed by atoms with E-state index < -0.39 is 0 Å². The molecule has 3 nitrogen and oxygen atoms in total. The van der Waals surface area contributed by atoms with E-state index in [1.165, 1.54) is 0 Å². The molecule has 0 fully saturated rings. The molecule has 0 unspecified atom stereocenters. The van der Waals surface area contributed by atoms with Gasteiger partial charge in [-0.15, -0.1) is 0 Å². The molecule has 0 amide bonds. The van der Waals surface area contributed by atoms with Crippen molar-refractivity contribution in [3.8, 4) is 0 Å². The maximum absolute atomic E-state index is 10.3. The van der Waals surface area contributed by atoms with Crippen LogP contribution < -0.4 is 0 Å². The van der Waals surface area contributed by atoms with E-state index in [9.17, 15) is 9.59 Å². The summed E-state index contributed by atoms with van der Waals surface area (Å²) in [5.74, 6) is 1.71. The molecule has 0 aliphatic heterocycles. The van der Waals surface area contributed by atoms with Gasteiger partial charge in [0.2, 0.25) is 0 Å². The van der Waals surface area contributed by atoms with E-state index in [1.54, 1.807) is 23.5 Å². The Kier molecular flexibility index (Phi) is 38.0. The number of Topliss-reactive ketones (excluding diaryl/α,β-unsaturated/α-hetero) is 1. The fourth-order valence-electron chi connectivity index (χ4n) is 0.461. The van der Waals surface area contributed by atoms with Crippen LogP contribution in [-0.2, 0) is 9.59 Å². The molecule has 0 aromatic rings. The lowest BCUT2D eigenvalue weighted by Gasteiger charge is -1.90. The van der Waals surface area contributed by atoms with Gasteiger partial charge >= 0.3 is 0 Å². The van der Waals surface area contributed by atoms with Crippen LogP contribution in [0.25, 0.3) is 0 Å². The average molecular weight is 270 g/mol. The molecule has 0 saturated carbocycles. The number of aliphatic hydroxyl groups is 1. The average Bonchev–Trinajstić information content (AvgIpc) is 2.23. The highest BCUT2D eigenvalue weighted by molar-refractivity contribution is 7.98. The van der Waals surface area contributed by atoms with Gasteiger partial charge in [0.25, 0.3) is 0 Å². The number of hydrogen-bond donors (Lipinski definition) is 1. The van der Waals surface area contributed by atoms with Crippen LogP contribution in [0.3, 0.4) is 0 Å². The summed E-state index contributed by atoms with van der Waals surface area (Å²) < 4.78 is 0. The van der Waals surface area contributed by atoms with Crippen LogP contribution in [0.5, 0.6) is 0 Å². The van der Waals surface area contributed by atoms with Crippen molar-refractivity contribution in [2.75, 3.05) is 30.6 Å². The van der Waals surface area contributed by atoms with Crippen molar-refractivity contribution in [3.05, 3.63) is 0 Å². The first kappa shape index (κ1) is 25.0. The maximum atomic E-state index is 10.3. The summed E-state index contributed by atoms with van der Waals surface area (Å²) in [6.45, 7) is -0.305. The second kappa shape index (κ2) is 24.3. The Morgan fingerprint density at radius 3 is 1.94 bits per heavy atom. The van der Waals surface area contributed by atoms with Gasteiger partial charge in [-0.05, 0) is 24.0 Å². The molecule has 1 N–H and O–H groups in total. The van der Waals surface area contributed by atoms with Gasteiger partial charge in [0, 0.05) is 12.8 Å². The monoisotopic (exact) mass is 270 g/mol. The number of ketones is 1. The van der Waals surface area contributed by atoms with E-state index in [2.05, 4.69) is 0 Å². The molecule has 5 heteroatoms. The largest absolute Gasteiger partial charge is 0.389 e. The number of aliphatic hydroxyl groups excluding tert-OH is 1. The molecule has 100 valence electrons. The minimum absolute atomic E-state index is 0. The van der Waals surface area contributed by atoms with Gasteiger partial charge in [0.15, 0.2) is 5.78 Å². The summed E-state index contributed by atoms with van der Waals surface area (Å²) in [7, 11) is 0. The number of hydrogen-bond acceptors (Lipinski definition) is 5. The van der Waals surface area contributed by atoms with Gasteiger partial charge in [0.05, 0.1) is 0 Å². The van der Waals surface area contributed by atoms with Crippen LogP contribution in [0.2, 0.25) is 0 Å². The van der Waals surface area contributed by atoms with Gasteiger partial charge in [-0.2, -0.15) is 23.5 Å². The molecule has 0 aliphatic carbocycles. The summed E-state index contributed by atoms with van der Waals surface area (Å²) in [5, 5.41) is 8.20. The van der Waals surface area contributed by atoms with E-state index in [4.69, 9.17) is 5.11 Å². The van der Waals surface area contributed by atoms with Crippen molar-refractivity contribution in [1.29, 1.82) is 0 Å². The third-order valence-corrected chi connectivity index (χ3v) is 2.46. The zero-order chi connectivity index (χ0) is 11.2. The van der Waals surface area contributed by atoms with Crippen LogP contribution in [-0.4, -0.2) is 47.8 Å². The van der Waals surface area contributed by atoms with Gasteiger partial charge < -0.3 is 9.90 Å². The Morgan fingerprint density at radius 1 is 1.19 bits per heavy atom. The normalized spacial score (nSPS) is 7.69. The number of carbonyl (C=O) groups excluding carboxylic acids is 2. The molecule has 0 saturated heterocycles. The molecule has 0 heterocycles. The van der Waals surface area contributed by atoms with E-state index in [-0.39, 0.29) is 27.2 Å². The molecule has 0 spiro atoms. The van der Waals surface area contributed by atoms with E-state index in [0.717, 1.165) is 17.8 Å². The van der Waals surface area contributed by atoms with Gasteiger partial charge in [-0.1, -0.05) is 14.9 Å². The Labute approximate surface area is 109 Å². The summed E-state index contributed by atoms with van der Waals surface area (Å²) in [4.78, 5) is 19.9. The first-order chi connectivity index (χ1) is 6.72. The highest BCUT2D eigenvalue weighted by Gasteiger charge is 1.95. The van der Waals surface area contributed by atoms with Crippen molar-refractivity contribution in [3.63, 3.8) is 0 Å². The summed E-state index contributed by atoms with van der Waals surface area (Å²) in [5.41, 5.74) is 0. The third-order valence-electron chi connectivity index (χ3n) is 1.20. The molecule has 0 radical (unpaired) electrons. The molecule has 0 atom stereocenters. The predicted molar refractivity (Wildman–Crippen MR) is 77.6 cm³/mol. The maximum Gasteiger partial charge on any atom is 0.159 e. The summed E-state index contributed by atoms with van der Waals surface area (Å²) in [6, 6.07) is 0. The predicted octanol–water partition coefficient (Wildman–Crippen LogP) is 2.51. The van der Waals surface area contributed by atoms with E-state index >= 15 is 0 Å². The van der Waals surface area contributed by atoms with Crippen molar-refractivity contribution in [1.82, 2.24) is 0 Å². The van der Waals surface area contributed by atoms with E-state index in [1.807, 2.05) is 12.5 Å². The minimum atomic E-state index is -0.305. The Bertz CT molecular complexity index is 141. The first-order valence-corrected chi connectivity index (χ1v) is 7.05. The lowest BCUT2D eigenvalue weighted by molar-refractivity contribution is -0.121. The third kappa shape index (κ3) is 29.2. The van der Waals surface area contributed by atoms with Crippen LogP contribution >= 0.6 is 23.5 Å². The topological polar surface area (TPSA) is 54.4 Å². The highest BCUT2D eigenvalue weighted by Crippen LogP contribution is 1.94. The quantitative estimate of drug-likeness (QED) is 0.569. The minimum Gasteiger partial charge on any atom is -0.389 e. The van der Waals surface area contributed by atoms with Crippen LogP contribution in [0.4, 0.5) is 0 Å². The molecule has 16 heavy (non-hydrogen) atoms. The van der Waals surface area contributed by atoms with Crippen molar-refractivity contribution < 1.29 is 14.7 Å². The zero-order valence-electron chi connectivity index (χ0n) is 8.69. The van der Waals surface area contributed by atoms with Crippen molar-refractivity contribution in [2.24, 2.45) is 0 Å². The molecule has 0 aromatic heterocycles. The second-order valence-electron chi connectivity index (χ2n) is 2.39. The number of rotatable bonds is 7. The molecule has 0 aromatic carbocycles. The van der Waals surface area contributed by atoms with E-state index in [0.29, 0.717) is 12.8 Å². The Hall–Kier alpha value is -0.0000000000000000555. The lowest BCUT2D eigenvalue weighted by Crippen LogP contribution is -2.03. The van der Waals surface area contributed by atoms with Crippen LogP contribution in [0, 0.1) is 0 Å². The van der Waals surface area contributed by atoms with Crippen LogP contribution in [0.15, 0.2) is 0 Å². The standard InChI is InChI=1S/C5H10O2S.C4H8OS.2CH4/c1-8-3-2-5(7)4-6;1-6-4-2-3-5;;/h6H,2-4H2,1H3;3H,2,4H2,1H3;2*1H4. The second-order valence-corrected chi connectivity index (χ2v) is 4.36. The molecule has 0 bridgehead atoms. The van der Waals surface area contributed by atoms with Crippen molar-refractivity contribution >= 4 is 35.6 Å². The van der Waals surface area contributed by atoms with Gasteiger partial charge in [-0.3, -0.25) is 4.79 Å². The summed E-state index contributed by atoms with van der Waals surface area (Å²) >= 11 is 3.31. The van der Waals surface area contributed by atoms with Crippen molar-refractivity contribution in [2.45, 2.75) is 27.7 Å². The first-order valence-electron chi connectivity index (χ1n) is 4.27. The lowest BCUT2D eigenvalue weighted by atomic mass is 10.3. The van der Waals surface area contributed by atoms with Gasteiger partial charge in [0.1, 0.15) is 12.9 Å². The molecular weight excluding hydrogens is 244 g/mol. The Balaban J connectivity index is -0.0000000825. The van der Waals surface area contributed by atoms with Crippen LogP contribution in [0.1, 0.15) is 27.7 Å². The Morgan fingerprint density at radius 2 is 1.69 bits per heavy atom. The molecule has 0 aliphatic rings. The zero-order valence-corrected chi connectivity index (χ0v) is 10.3. The number of aldehydes is 1. The fraction of sp³-hybridized carbons (Fsp3) is 0.818. The molecular formula is C11H26O3S2. The number of carbonyl (C=O) groups is 2. The smallest absolute Gasteiger partial charge is 0.159 e. The molecule has 0 rings (SSSR count).